The fraction of sp³-hybridized carbons (Fsp3) is 0.786. The number of aryl methyl sites for hydroxylation is 2. The molecule has 2 rings (SSSR count). The molecule has 1 saturated carbocycles. The molecule has 4 heteroatoms. The minimum Gasteiger partial charge on any atom is -0.394 e. The van der Waals surface area contributed by atoms with Gasteiger partial charge < -0.3 is 10.4 Å². The first kappa shape index (κ1) is 13.6. The van der Waals surface area contributed by atoms with Crippen LogP contribution in [0.15, 0.2) is 6.07 Å². The second-order valence-electron chi connectivity index (χ2n) is 5.33. The first-order valence-corrected chi connectivity index (χ1v) is 7.04. The Hall–Kier alpha value is -0.870. The molecular formula is C14H25N3O. The van der Waals surface area contributed by atoms with E-state index >= 15 is 0 Å². The van der Waals surface area contributed by atoms with Crippen molar-refractivity contribution in [2.75, 3.05) is 13.7 Å². The van der Waals surface area contributed by atoms with E-state index in [0.29, 0.717) is 5.92 Å². The Morgan fingerprint density at radius 2 is 2.17 bits per heavy atom. The van der Waals surface area contributed by atoms with Gasteiger partial charge in [0.25, 0.3) is 0 Å². The zero-order valence-corrected chi connectivity index (χ0v) is 11.7. The highest BCUT2D eigenvalue weighted by Gasteiger charge is 2.44. The number of hydrogen-bond acceptors (Lipinski definition) is 3. The molecule has 0 aromatic carbocycles. The third-order valence-corrected chi connectivity index (χ3v) is 4.21. The van der Waals surface area contributed by atoms with Crippen molar-refractivity contribution in [1.82, 2.24) is 15.1 Å². The summed E-state index contributed by atoms with van der Waals surface area (Å²) in [6, 6.07) is 2.19. The van der Waals surface area contributed by atoms with Gasteiger partial charge >= 0.3 is 0 Å². The van der Waals surface area contributed by atoms with Crippen molar-refractivity contribution in [2.24, 2.45) is 5.92 Å². The highest BCUT2D eigenvalue weighted by Crippen LogP contribution is 2.40. The molecule has 0 saturated heterocycles. The number of rotatable bonds is 7. The predicted molar refractivity (Wildman–Crippen MR) is 72.6 cm³/mol. The number of nitrogens with zero attached hydrogens (tertiary/aromatic N) is 2. The number of aromatic nitrogens is 2. The minimum absolute atomic E-state index is 0.179. The van der Waals surface area contributed by atoms with Gasteiger partial charge in [-0.1, -0.05) is 13.8 Å². The summed E-state index contributed by atoms with van der Waals surface area (Å²) in [5, 5.41) is 17.8. The van der Waals surface area contributed by atoms with Crippen LogP contribution in [0.3, 0.4) is 0 Å². The maximum Gasteiger partial charge on any atom is 0.0638 e. The van der Waals surface area contributed by atoms with Gasteiger partial charge in [-0.25, -0.2) is 0 Å². The van der Waals surface area contributed by atoms with Gasteiger partial charge in [0.2, 0.25) is 0 Å². The van der Waals surface area contributed by atoms with Gasteiger partial charge in [0.1, 0.15) is 0 Å². The van der Waals surface area contributed by atoms with Gasteiger partial charge in [0.15, 0.2) is 0 Å². The molecule has 0 aliphatic heterocycles. The van der Waals surface area contributed by atoms with Crippen LogP contribution in [-0.4, -0.2) is 34.1 Å². The van der Waals surface area contributed by atoms with Crippen molar-refractivity contribution < 1.29 is 5.11 Å². The largest absolute Gasteiger partial charge is 0.394 e. The maximum absolute atomic E-state index is 9.77. The van der Waals surface area contributed by atoms with Gasteiger partial charge in [-0.3, -0.25) is 4.68 Å². The zero-order valence-electron chi connectivity index (χ0n) is 11.7. The molecule has 18 heavy (non-hydrogen) atoms. The molecule has 1 aliphatic rings. The molecule has 1 aromatic rings. The number of hydrogen-bond donors (Lipinski definition) is 2. The topological polar surface area (TPSA) is 50.1 Å². The number of likely N-dealkylation sites (N-methyl/N-ethyl adjacent to an activating group) is 1. The van der Waals surface area contributed by atoms with Crippen LogP contribution in [0.5, 0.6) is 0 Å². The zero-order chi connectivity index (χ0) is 13.2. The van der Waals surface area contributed by atoms with Crippen molar-refractivity contribution >= 4 is 0 Å². The highest BCUT2D eigenvalue weighted by atomic mass is 16.3. The lowest BCUT2D eigenvalue weighted by Gasteiger charge is -2.32. The molecule has 1 unspecified atom stereocenters. The van der Waals surface area contributed by atoms with Crippen LogP contribution < -0.4 is 5.32 Å². The first-order chi connectivity index (χ1) is 8.69. The van der Waals surface area contributed by atoms with E-state index in [-0.39, 0.29) is 12.1 Å². The van der Waals surface area contributed by atoms with Gasteiger partial charge in [-0.15, -0.1) is 0 Å². The average molecular weight is 251 g/mol. The molecule has 1 aliphatic carbocycles. The Balaban J connectivity index is 2.22. The fourth-order valence-electron chi connectivity index (χ4n) is 2.68. The smallest absolute Gasteiger partial charge is 0.0638 e. The molecule has 1 atom stereocenters. The summed E-state index contributed by atoms with van der Waals surface area (Å²) >= 11 is 0. The van der Waals surface area contributed by atoms with E-state index < -0.39 is 0 Å². The molecule has 0 bridgehead atoms. The summed E-state index contributed by atoms with van der Waals surface area (Å²) in [4.78, 5) is 0. The summed E-state index contributed by atoms with van der Waals surface area (Å²) in [5.74, 6) is 0.589. The number of aliphatic hydroxyl groups is 1. The average Bonchev–Trinajstić information content (AvgIpc) is 3.18. The minimum atomic E-state index is -0.194. The van der Waals surface area contributed by atoms with E-state index in [9.17, 15) is 5.11 Å². The van der Waals surface area contributed by atoms with Gasteiger partial charge in [0, 0.05) is 5.69 Å². The Bertz CT molecular complexity index is 392. The lowest BCUT2D eigenvalue weighted by molar-refractivity contribution is 0.125. The normalized spacial score (nSPS) is 18.9. The van der Waals surface area contributed by atoms with Gasteiger partial charge in [0.05, 0.1) is 24.4 Å². The molecule has 102 valence electrons. The third-order valence-electron chi connectivity index (χ3n) is 4.21. The highest BCUT2D eigenvalue weighted by molar-refractivity contribution is 5.12. The van der Waals surface area contributed by atoms with E-state index in [1.54, 1.807) is 0 Å². The summed E-state index contributed by atoms with van der Waals surface area (Å²) in [7, 11) is 1.95. The van der Waals surface area contributed by atoms with Crippen LogP contribution in [0.2, 0.25) is 0 Å². The van der Waals surface area contributed by atoms with Crippen LogP contribution >= 0.6 is 0 Å². The summed E-state index contributed by atoms with van der Waals surface area (Å²) < 4.78 is 2.09. The van der Waals surface area contributed by atoms with Gasteiger partial charge in [-0.05, 0) is 44.7 Å². The monoisotopic (exact) mass is 251 g/mol. The fourth-order valence-corrected chi connectivity index (χ4v) is 2.68. The van der Waals surface area contributed by atoms with E-state index in [2.05, 4.69) is 35.0 Å². The third kappa shape index (κ3) is 2.45. The lowest BCUT2D eigenvalue weighted by atomic mass is 9.94. The van der Waals surface area contributed by atoms with Crippen LogP contribution in [0, 0.1) is 5.92 Å². The molecule has 1 fully saturated rings. The quantitative estimate of drug-likeness (QED) is 0.769. The van der Waals surface area contributed by atoms with Crippen molar-refractivity contribution in [2.45, 2.75) is 51.6 Å². The Morgan fingerprint density at radius 1 is 1.44 bits per heavy atom. The predicted octanol–water partition coefficient (Wildman–Crippen LogP) is 1.37. The molecule has 2 N–H and O–H groups in total. The van der Waals surface area contributed by atoms with Crippen LogP contribution in [0.25, 0.3) is 0 Å². The van der Waals surface area contributed by atoms with E-state index in [4.69, 9.17) is 0 Å². The second kappa shape index (κ2) is 5.41. The van der Waals surface area contributed by atoms with Crippen LogP contribution in [0.4, 0.5) is 0 Å². The van der Waals surface area contributed by atoms with Crippen molar-refractivity contribution in [3.8, 4) is 0 Å². The van der Waals surface area contributed by atoms with Crippen molar-refractivity contribution in [3.05, 3.63) is 17.5 Å². The van der Waals surface area contributed by atoms with E-state index in [0.717, 1.165) is 25.1 Å². The van der Waals surface area contributed by atoms with Crippen LogP contribution in [0.1, 0.15) is 38.1 Å². The molecule has 4 nitrogen and oxygen atoms in total. The summed E-state index contributed by atoms with van der Waals surface area (Å²) in [6.45, 7) is 5.24. The Kier molecular flexibility index (Phi) is 4.07. The Morgan fingerprint density at radius 3 is 2.61 bits per heavy atom. The molecule has 0 amide bonds. The molecule has 1 aromatic heterocycles. The van der Waals surface area contributed by atoms with E-state index in [1.165, 1.54) is 18.5 Å². The second-order valence-corrected chi connectivity index (χ2v) is 5.33. The summed E-state index contributed by atoms with van der Waals surface area (Å²) in [5.41, 5.74) is 2.21. The van der Waals surface area contributed by atoms with Crippen molar-refractivity contribution in [1.29, 1.82) is 0 Å². The molecule has 0 spiro atoms. The maximum atomic E-state index is 9.77. The van der Waals surface area contributed by atoms with E-state index in [1.807, 2.05) is 7.05 Å². The summed E-state index contributed by atoms with van der Waals surface area (Å²) in [6.07, 6.45) is 4.38. The van der Waals surface area contributed by atoms with Gasteiger partial charge in [-0.2, -0.15) is 5.10 Å². The SMILES string of the molecule is CCc1cc(CC)n(CC(CO)(NC)C2CC2)n1. The molecule has 1 heterocycles. The first-order valence-electron chi connectivity index (χ1n) is 7.04. The Labute approximate surface area is 109 Å². The van der Waals surface area contributed by atoms with Crippen LogP contribution in [-0.2, 0) is 19.4 Å². The molecule has 0 radical (unpaired) electrons. The standard InChI is InChI=1S/C14H25N3O/c1-4-12-8-13(5-2)17(16-12)9-14(10-18,15-3)11-6-7-11/h8,11,15,18H,4-7,9-10H2,1-3H3. The number of nitrogens with one attached hydrogen (secondary N) is 1. The lowest BCUT2D eigenvalue weighted by Crippen LogP contribution is -2.52. The number of aliphatic hydroxyl groups excluding tert-OH is 1. The van der Waals surface area contributed by atoms with Crippen molar-refractivity contribution in [3.63, 3.8) is 0 Å². The molecular weight excluding hydrogens is 226 g/mol.